The van der Waals surface area contributed by atoms with Crippen molar-refractivity contribution in [3.63, 3.8) is 0 Å². The number of hydrogen-bond acceptors (Lipinski definition) is 2. The van der Waals surface area contributed by atoms with Crippen LogP contribution in [0.4, 0.5) is 18.9 Å². The van der Waals surface area contributed by atoms with Gasteiger partial charge in [0.1, 0.15) is 11.9 Å². The van der Waals surface area contributed by atoms with Crippen LogP contribution in [0, 0.1) is 0 Å². The second-order valence-electron chi connectivity index (χ2n) is 4.61. The molecule has 1 atom stereocenters. The van der Waals surface area contributed by atoms with E-state index >= 15 is 0 Å². The number of rotatable bonds is 1. The third-order valence-electron chi connectivity index (χ3n) is 3.22. The van der Waals surface area contributed by atoms with Gasteiger partial charge in [-0.1, -0.05) is 24.3 Å². The molecule has 5 heteroatoms. The summed E-state index contributed by atoms with van der Waals surface area (Å²) < 4.78 is 43.9. The lowest BCUT2D eigenvalue weighted by Crippen LogP contribution is -2.23. The van der Waals surface area contributed by atoms with E-state index in [2.05, 4.69) is 5.32 Å². The highest BCUT2D eigenvalue weighted by Gasteiger charge is 2.31. The zero-order valence-corrected chi connectivity index (χ0v) is 10.4. The highest BCUT2D eigenvalue weighted by atomic mass is 19.4. The minimum atomic E-state index is -4.34. The summed E-state index contributed by atoms with van der Waals surface area (Å²) in [5, 5.41) is 3.16. The van der Waals surface area contributed by atoms with E-state index in [1.54, 1.807) is 12.1 Å². The summed E-state index contributed by atoms with van der Waals surface area (Å²) in [7, 11) is 0. The summed E-state index contributed by atoms with van der Waals surface area (Å²) in [4.78, 5) is 0. The Morgan fingerprint density at radius 3 is 2.65 bits per heavy atom. The molecule has 0 bridgehead atoms. The van der Waals surface area contributed by atoms with Crippen molar-refractivity contribution < 1.29 is 17.9 Å². The first-order chi connectivity index (χ1) is 9.54. The molecule has 0 unspecified atom stereocenters. The summed E-state index contributed by atoms with van der Waals surface area (Å²) >= 11 is 0. The Morgan fingerprint density at radius 1 is 1.05 bits per heavy atom. The van der Waals surface area contributed by atoms with Gasteiger partial charge in [0.2, 0.25) is 0 Å². The summed E-state index contributed by atoms with van der Waals surface area (Å²) in [5.74, 6) is 0.654. The average Bonchev–Trinajstić information content (AvgIpc) is 2.46. The maximum Gasteiger partial charge on any atom is 0.416 e. The Hall–Kier alpha value is -2.17. The number of anilines is 1. The summed E-state index contributed by atoms with van der Waals surface area (Å²) in [5.41, 5.74) is 0.718. The van der Waals surface area contributed by atoms with Crippen molar-refractivity contribution in [3.8, 4) is 5.75 Å². The molecule has 0 fully saturated rings. The first-order valence-electron chi connectivity index (χ1n) is 6.21. The molecule has 2 aromatic rings. The fourth-order valence-electron chi connectivity index (χ4n) is 2.21. The number of benzene rings is 2. The first kappa shape index (κ1) is 12.8. The van der Waals surface area contributed by atoms with E-state index in [1.165, 1.54) is 6.07 Å². The molecular weight excluding hydrogens is 267 g/mol. The topological polar surface area (TPSA) is 21.3 Å². The van der Waals surface area contributed by atoms with E-state index in [4.69, 9.17) is 4.74 Å². The second kappa shape index (κ2) is 4.74. The van der Waals surface area contributed by atoms with Crippen molar-refractivity contribution in [2.45, 2.75) is 12.3 Å². The zero-order valence-electron chi connectivity index (χ0n) is 10.4. The maximum atomic E-state index is 12.7. The van der Waals surface area contributed by atoms with Gasteiger partial charge in [-0.2, -0.15) is 13.2 Å². The Morgan fingerprint density at radius 2 is 1.85 bits per heavy atom. The van der Waals surface area contributed by atoms with Crippen molar-refractivity contribution in [1.82, 2.24) is 0 Å². The predicted molar refractivity (Wildman–Crippen MR) is 69.7 cm³/mol. The van der Waals surface area contributed by atoms with Crippen molar-refractivity contribution in [1.29, 1.82) is 0 Å². The van der Waals surface area contributed by atoms with Gasteiger partial charge >= 0.3 is 6.18 Å². The van der Waals surface area contributed by atoms with Gasteiger partial charge in [0.25, 0.3) is 0 Å². The molecule has 2 nitrogen and oxygen atoms in total. The Bertz CT molecular complexity index is 625. The lowest BCUT2D eigenvalue weighted by Gasteiger charge is -2.28. The summed E-state index contributed by atoms with van der Waals surface area (Å²) in [6.07, 6.45) is -4.76. The molecular formula is C15H12F3NO. The second-order valence-corrected chi connectivity index (χ2v) is 4.61. The number of hydrogen-bond donors (Lipinski definition) is 1. The fraction of sp³-hybridized carbons (Fsp3) is 0.200. The molecule has 2 aromatic carbocycles. The largest absolute Gasteiger partial charge is 0.482 e. The molecule has 0 saturated heterocycles. The first-order valence-corrected chi connectivity index (χ1v) is 6.21. The maximum absolute atomic E-state index is 12.7. The quantitative estimate of drug-likeness (QED) is 0.842. The molecule has 3 rings (SSSR count). The van der Waals surface area contributed by atoms with Gasteiger partial charge in [0.15, 0.2) is 0 Å². The number of halogens is 3. The van der Waals surface area contributed by atoms with Gasteiger partial charge in [-0.15, -0.1) is 0 Å². The minimum absolute atomic E-state index is 0.424. The van der Waals surface area contributed by atoms with Crippen LogP contribution in [0.15, 0.2) is 48.5 Å². The number of nitrogens with one attached hydrogen (secondary N) is 1. The predicted octanol–water partition coefficient (Wildman–Crippen LogP) is 4.25. The summed E-state index contributed by atoms with van der Waals surface area (Å²) in [6, 6.07) is 12.6. The van der Waals surface area contributed by atoms with Crippen molar-refractivity contribution in [2.24, 2.45) is 0 Å². The monoisotopic (exact) mass is 279 g/mol. The van der Waals surface area contributed by atoms with Crippen LogP contribution in [0.3, 0.4) is 0 Å². The molecule has 1 N–H and O–H groups in total. The number of fused-ring (bicyclic) bond motifs is 1. The van der Waals surface area contributed by atoms with E-state index in [1.807, 2.05) is 18.2 Å². The SMILES string of the molecule is FC(F)(F)c1cccc([C@H]2CNc3ccccc3O2)c1. The zero-order chi connectivity index (χ0) is 14.2. The van der Waals surface area contributed by atoms with Gasteiger partial charge in [-0.3, -0.25) is 0 Å². The smallest absolute Gasteiger partial charge is 0.416 e. The van der Waals surface area contributed by atoms with E-state index in [-0.39, 0.29) is 0 Å². The normalized spacial score (nSPS) is 17.9. The third-order valence-corrected chi connectivity index (χ3v) is 3.22. The molecule has 1 aliphatic heterocycles. The van der Waals surface area contributed by atoms with Gasteiger partial charge in [-0.05, 0) is 29.8 Å². The van der Waals surface area contributed by atoms with Gasteiger partial charge in [0, 0.05) is 0 Å². The highest BCUT2D eigenvalue weighted by Crippen LogP contribution is 2.36. The molecule has 20 heavy (non-hydrogen) atoms. The van der Waals surface area contributed by atoms with E-state index < -0.39 is 17.8 Å². The van der Waals surface area contributed by atoms with Gasteiger partial charge in [-0.25, -0.2) is 0 Å². The standard InChI is InChI=1S/C15H12F3NO/c16-15(17,18)11-5-3-4-10(8-11)14-9-19-12-6-1-2-7-13(12)20-14/h1-8,14,19H,9H2/t14-/m1/s1. The Kier molecular flexibility index (Phi) is 3.04. The molecule has 0 spiro atoms. The van der Waals surface area contributed by atoms with Crippen molar-refractivity contribution in [3.05, 3.63) is 59.7 Å². The van der Waals surface area contributed by atoms with E-state index in [0.29, 0.717) is 17.9 Å². The Labute approximate surface area is 114 Å². The third kappa shape index (κ3) is 2.43. The minimum Gasteiger partial charge on any atom is -0.482 e. The number of para-hydroxylation sites is 2. The molecule has 1 aliphatic rings. The molecule has 0 saturated carbocycles. The van der Waals surface area contributed by atoms with Crippen LogP contribution < -0.4 is 10.1 Å². The average molecular weight is 279 g/mol. The van der Waals surface area contributed by atoms with Crippen LogP contribution in [-0.2, 0) is 6.18 Å². The lowest BCUT2D eigenvalue weighted by molar-refractivity contribution is -0.137. The van der Waals surface area contributed by atoms with Gasteiger partial charge in [0.05, 0.1) is 17.8 Å². The number of ether oxygens (including phenoxy) is 1. The van der Waals surface area contributed by atoms with Crippen LogP contribution in [0.5, 0.6) is 5.75 Å². The van der Waals surface area contributed by atoms with Crippen LogP contribution in [0.25, 0.3) is 0 Å². The molecule has 1 heterocycles. The molecule has 0 radical (unpaired) electrons. The fourth-order valence-corrected chi connectivity index (χ4v) is 2.21. The molecule has 0 aliphatic carbocycles. The lowest BCUT2D eigenvalue weighted by atomic mass is 10.0. The van der Waals surface area contributed by atoms with Crippen LogP contribution >= 0.6 is 0 Å². The van der Waals surface area contributed by atoms with Crippen LogP contribution in [-0.4, -0.2) is 6.54 Å². The number of alkyl halides is 3. The molecule has 0 aromatic heterocycles. The Balaban J connectivity index is 1.88. The van der Waals surface area contributed by atoms with E-state index in [9.17, 15) is 13.2 Å². The summed E-state index contributed by atoms with van der Waals surface area (Å²) in [6.45, 7) is 0.443. The van der Waals surface area contributed by atoms with Crippen LogP contribution in [0.2, 0.25) is 0 Å². The van der Waals surface area contributed by atoms with E-state index in [0.717, 1.165) is 17.8 Å². The van der Waals surface area contributed by atoms with Crippen molar-refractivity contribution >= 4 is 5.69 Å². The highest BCUT2D eigenvalue weighted by molar-refractivity contribution is 5.58. The van der Waals surface area contributed by atoms with Crippen molar-refractivity contribution in [2.75, 3.05) is 11.9 Å². The van der Waals surface area contributed by atoms with Crippen LogP contribution in [0.1, 0.15) is 17.2 Å². The molecule has 104 valence electrons. The molecule has 0 amide bonds. The van der Waals surface area contributed by atoms with Gasteiger partial charge < -0.3 is 10.1 Å².